The number of benzene rings is 1. The van der Waals surface area contributed by atoms with E-state index in [0.717, 1.165) is 5.69 Å². The van der Waals surface area contributed by atoms with Gasteiger partial charge in [0.1, 0.15) is 5.03 Å². The predicted molar refractivity (Wildman–Crippen MR) is 96.5 cm³/mol. The summed E-state index contributed by atoms with van der Waals surface area (Å²) in [5, 5.41) is 4.81. The van der Waals surface area contributed by atoms with Crippen LogP contribution in [0.1, 0.15) is 11.4 Å². The maximum Gasteiger partial charge on any atom is 0.213 e. The summed E-state index contributed by atoms with van der Waals surface area (Å²) in [6.45, 7) is 2.06. The molecule has 0 aliphatic rings. The Morgan fingerprint density at radius 2 is 1.92 bits per heavy atom. The van der Waals surface area contributed by atoms with Gasteiger partial charge in [0.15, 0.2) is 10.5 Å². The van der Waals surface area contributed by atoms with E-state index in [-0.39, 0.29) is 28.7 Å². The molecule has 0 aliphatic heterocycles. The van der Waals surface area contributed by atoms with Crippen molar-refractivity contribution in [2.75, 3.05) is 6.26 Å². The Morgan fingerprint density at radius 1 is 1.25 bits per heavy atom. The van der Waals surface area contributed by atoms with Gasteiger partial charge in [-0.25, -0.2) is 17.9 Å². The number of nitrogens with two attached hydrogens (primary N) is 1. The van der Waals surface area contributed by atoms with E-state index in [9.17, 15) is 8.42 Å². The third kappa shape index (κ3) is 3.02. The highest BCUT2D eigenvalue weighted by Crippen LogP contribution is 2.32. The first-order valence-electron chi connectivity index (χ1n) is 6.92. The van der Waals surface area contributed by atoms with Crippen LogP contribution in [0.5, 0.6) is 0 Å². The molecule has 0 amide bonds. The van der Waals surface area contributed by atoms with Gasteiger partial charge in [-0.15, -0.1) is 24.2 Å². The Hall–Kier alpha value is -1.61. The maximum atomic E-state index is 13.1. The summed E-state index contributed by atoms with van der Waals surface area (Å²) in [4.78, 5) is 4.76. The number of thioether (sulfide) groups is 1. The minimum absolute atomic E-state index is 0. The summed E-state index contributed by atoms with van der Waals surface area (Å²) in [5.74, 6) is 0. The minimum atomic E-state index is -3.71. The summed E-state index contributed by atoms with van der Waals surface area (Å²) >= 11 is 1.28. The predicted octanol–water partition coefficient (Wildman–Crippen LogP) is 2.47. The van der Waals surface area contributed by atoms with Gasteiger partial charge in [0, 0.05) is 12.2 Å². The SMILES string of the molecule is CSc1nn2c(CN)cc(C)nc2c1S(=O)(=O)c1ccccc1.Cl. The van der Waals surface area contributed by atoms with Crippen molar-refractivity contribution in [3.63, 3.8) is 0 Å². The normalized spacial score (nSPS) is 11.5. The summed E-state index contributed by atoms with van der Waals surface area (Å²) in [6.07, 6.45) is 1.79. The molecule has 9 heteroatoms. The molecule has 0 atom stereocenters. The minimum Gasteiger partial charge on any atom is -0.325 e. The molecule has 24 heavy (non-hydrogen) atoms. The van der Waals surface area contributed by atoms with Gasteiger partial charge in [-0.1, -0.05) is 18.2 Å². The van der Waals surface area contributed by atoms with Crippen molar-refractivity contribution in [1.82, 2.24) is 14.6 Å². The lowest BCUT2D eigenvalue weighted by molar-refractivity contribution is 0.594. The molecule has 2 heterocycles. The molecule has 0 unspecified atom stereocenters. The zero-order chi connectivity index (χ0) is 16.6. The van der Waals surface area contributed by atoms with Gasteiger partial charge in [-0.3, -0.25) is 0 Å². The van der Waals surface area contributed by atoms with E-state index in [2.05, 4.69) is 10.1 Å². The van der Waals surface area contributed by atoms with E-state index in [1.54, 1.807) is 36.6 Å². The molecule has 0 spiro atoms. The molecule has 128 valence electrons. The molecule has 2 N–H and O–H groups in total. The number of nitrogens with zero attached hydrogens (tertiary/aromatic N) is 3. The number of aryl methyl sites for hydroxylation is 1. The van der Waals surface area contributed by atoms with Gasteiger partial charge >= 0.3 is 0 Å². The second-order valence-electron chi connectivity index (χ2n) is 4.98. The van der Waals surface area contributed by atoms with E-state index < -0.39 is 9.84 Å². The molecule has 0 aliphatic carbocycles. The number of sulfone groups is 1. The lowest BCUT2D eigenvalue weighted by Crippen LogP contribution is -2.08. The van der Waals surface area contributed by atoms with Crippen molar-refractivity contribution < 1.29 is 8.42 Å². The molecule has 0 fully saturated rings. The van der Waals surface area contributed by atoms with Crippen LogP contribution in [-0.2, 0) is 16.4 Å². The van der Waals surface area contributed by atoms with Crippen molar-refractivity contribution >= 4 is 39.7 Å². The summed E-state index contributed by atoms with van der Waals surface area (Å²) in [5.41, 5.74) is 7.50. The fraction of sp³-hybridized carbons (Fsp3) is 0.200. The fourth-order valence-corrected chi connectivity index (χ4v) is 4.82. The molecule has 1 aromatic carbocycles. The molecule has 0 bridgehead atoms. The highest BCUT2D eigenvalue weighted by Gasteiger charge is 2.29. The monoisotopic (exact) mass is 384 g/mol. The number of aromatic nitrogens is 3. The van der Waals surface area contributed by atoms with Gasteiger partial charge in [0.25, 0.3) is 0 Å². The second kappa shape index (κ2) is 7.10. The van der Waals surface area contributed by atoms with Gasteiger partial charge in [-0.2, -0.15) is 5.10 Å². The Bertz CT molecular complexity index is 972. The molecule has 2 aromatic heterocycles. The van der Waals surface area contributed by atoms with Crippen molar-refractivity contribution in [3.8, 4) is 0 Å². The Balaban J connectivity index is 0.00000208. The van der Waals surface area contributed by atoms with Gasteiger partial charge in [0.2, 0.25) is 9.84 Å². The van der Waals surface area contributed by atoms with Crippen LogP contribution in [0.25, 0.3) is 5.65 Å². The summed E-state index contributed by atoms with van der Waals surface area (Å²) in [6, 6.07) is 10.1. The molecule has 3 aromatic rings. The first kappa shape index (κ1) is 18.7. The standard InChI is InChI=1S/C15H16N4O2S2.ClH/c1-10-8-11(9-16)19-14(17-10)13(15(18-19)22-2)23(20,21)12-6-4-3-5-7-12;/h3-8H,9,16H2,1-2H3;1H. The van der Waals surface area contributed by atoms with Crippen molar-refractivity contribution in [2.45, 2.75) is 28.3 Å². The average molecular weight is 385 g/mol. The zero-order valence-corrected chi connectivity index (χ0v) is 15.6. The lowest BCUT2D eigenvalue weighted by Gasteiger charge is -2.06. The molecule has 0 saturated heterocycles. The van der Waals surface area contributed by atoms with Crippen molar-refractivity contribution in [3.05, 3.63) is 47.8 Å². The average Bonchev–Trinajstić information content (AvgIpc) is 2.93. The number of hydrogen-bond donors (Lipinski definition) is 1. The van der Waals surface area contributed by atoms with Gasteiger partial charge in [0.05, 0.1) is 10.6 Å². The highest BCUT2D eigenvalue weighted by atomic mass is 35.5. The number of halogens is 1. The lowest BCUT2D eigenvalue weighted by atomic mass is 10.3. The van der Waals surface area contributed by atoms with Crippen LogP contribution in [-0.4, -0.2) is 29.3 Å². The quantitative estimate of drug-likeness (QED) is 0.695. The van der Waals surface area contributed by atoms with E-state index in [4.69, 9.17) is 5.73 Å². The molecular weight excluding hydrogens is 368 g/mol. The maximum absolute atomic E-state index is 13.1. The molecule has 3 rings (SSSR count). The van der Waals surface area contributed by atoms with Crippen molar-refractivity contribution in [2.24, 2.45) is 5.73 Å². The molecule has 6 nitrogen and oxygen atoms in total. The van der Waals surface area contributed by atoms with Crippen LogP contribution >= 0.6 is 24.2 Å². The van der Waals surface area contributed by atoms with Crippen LogP contribution in [0.2, 0.25) is 0 Å². The number of hydrogen-bond acceptors (Lipinski definition) is 6. The second-order valence-corrected chi connectivity index (χ2v) is 7.66. The first-order chi connectivity index (χ1) is 11.0. The summed E-state index contributed by atoms with van der Waals surface area (Å²) in [7, 11) is -3.71. The topological polar surface area (TPSA) is 90.3 Å². The van der Waals surface area contributed by atoms with E-state index in [1.807, 2.05) is 13.0 Å². The van der Waals surface area contributed by atoms with Crippen LogP contribution in [0.15, 0.2) is 51.2 Å². The van der Waals surface area contributed by atoms with E-state index in [1.165, 1.54) is 16.3 Å². The number of rotatable bonds is 4. The molecule has 0 radical (unpaired) electrons. The Kier molecular flexibility index (Phi) is 5.54. The van der Waals surface area contributed by atoms with E-state index in [0.29, 0.717) is 16.4 Å². The third-order valence-electron chi connectivity index (χ3n) is 3.44. The Labute approximate surface area is 150 Å². The first-order valence-corrected chi connectivity index (χ1v) is 9.63. The van der Waals surface area contributed by atoms with E-state index >= 15 is 0 Å². The highest BCUT2D eigenvalue weighted by molar-refractivity contribution is 7.99. The van der Waals surface area contributed by atoms with Gasteiger partial charge in [-0.05, 0) is 31.4 Å². The third-order valence-corrected chi connectivity index (χ3v) is 6.05. The largest absolute Gasteiger partial charge is 0.325 e. The summed E-state index contributed by atoms with van der Waals surface area (Å²) < 4.78 is 27.6. The van der Waals surface area contributed by atoms with Crippen LogP contribution < -0.4 is 5.73 Å². The molecule has 0 saturated carbocycles. The molecular formula is C15H17ClN4O2S2. The number of fused-ring (bicyclic) bond motifs is 1. The van der Waals surface area contributed by atoms with Crippen LogP contribution in [0.4, 0.5) is 0 Å². The van der Waals surface area contributed by atoms with Crippen LogP contribution in [0, 0.1) is 6.92 Å². The van der Waals surface area contributed by atoms with Crippen LogP contribution in [0.3, 0.4) is 0 Å². The van der Waals surface area contributed by atoms with Gasteiger partial charge < -0.3 is 5.73 Å². The zero-order valence-electron chi connectivity index (χ0n) is 13.1. The van der Waals surface area contributed by atoms with Crippen molar-refractivity contribution in [1.29, 1.82) is 0 Å². The smallest absolute Gasteiger partial charge is 0.213 e. The fourth-order valence-electron chi connectivity index (χ4n) is 2.41. The Morgan fingerprint density at radius 3 is 2.50 bits per heavy atom.